The minimum Gasteiger partial charge on any atom is -0.744 e. The normalized spacial score (nSPS) is 10.7. The third kappa shape index (κ3) is 6.93. The van der Waals surface area contributed by atoms with Crippen molar-refractivity contribution in [2.75, 3.05) is 0 Å². The van der Waals surface area contributed by atoms with E-state index in [4.69, 9.17) is 0 Å². The van der Waals surface area contributed by atoms with Crippen LogP contribution in [0.2, 0.25) is 0 Å². The monoisotopic (exact) mass is 470 g/mol. The topological polar surface area (TPSA) is 57.2 Å². The van der Waals surface area contributed by atoms with E-state index in [1.165, 1.54) is 31.4 Å². The molecule has 0 bridgehead atoms. The Hall–Kier alpha value is -1.77. The summed E-state index contributed by atoms with van der Waals surface area (Å²) in [5, 5.41) is 0. The molecule has 6 heteroatoms. The lowest BCUT2D eigenvalue weighted by Crippen LogP contribution is -3.61. The number of hydrogen-bond donors (Lipinski definition) is 0. The van der Waals surface area contributed by atoms with Gasteiger partial charge in [-0.25, -0.2) is 12.8 Å². The molecule has 0 amide bonds. The minimum atomic E-state index is -4.27. The molecule has 0 saturated carbocycles. The van der Waals surface area contributed by atoms with Gasteiger partial charge in [0.1, 0.15) is 15.9 Å². The molecule has 3 aromatic carbocycles. The second-order valence-corrected chi connectivity index (χ2v) is 9.50. The van der Waals surface area contributed by atoms with Crippen LogP contribution in [0.15, 0.2) is 83.8 Å². The molecule has 3 rings (SSSR count). The van der Waals surface area contributed by atoms with Gasteiger partial charge in [0.05, 0.1) is 4.90 Å². The predicted molar refractivity (Wildman–Crippen MR) is 89.4 cm³/mol. The third-order valence-electron chi connectivity index (χ3n) is 3.06. The van der Waals surface area contributed by atoms with Crippen molar-refractivity contribution >= 4 is 10.1 Å². The minimum absolute atomic E-state index is 0.151. The number of rotatable bonds is 3. The lowest BCUT2D eigenvalue weighted by molar-refractivity contribution is -0.597. The van der Waals surface area contributed by atoms with Gasteiger partial charge in [-0.1, -0.05) is 35.9 Å². The third-order valence-corrected chi connectivity index (χ3v) is 6.60. The summed E-state index contributed by atoms with van der Waals surface area (Å²) >= 11 is -0.151. The van der Waals surface area contributed by atoms with Crippen molar-refractivity contribution in [2.45, 2.75) is 11.8 Å². The van der Waals surface area contributed by atoms with Crippen molar-refractivity contribution in [1.82, 2.24) is 0 Å². The first-order chi connectivity index (χ1) is 11.8. The molecule has 130 valence electrons. The maximum Gasteiger partial charge on any atom is 0.357 e. The summed E-state index contributed by atoms with van der Waals surface area (Å²) in [5.41, 5.74) is 0.928. The van der Waals surface area contributed by atoms with Gasteiger partial charge in [0.25, 0.3) is 0 Å². The van der Waals surface area contributed by atoms with Gasteiger partial charge < -0.3 is 4.55 Å². The average molecular weight is 470 g/mol. The van der Waals surface area contributed by atoms with Gasteiger partial charge in [0, 0.05) is 0 Å². The highest BCUT2D eigenvalue weighted by Crippen LogP contribution is 2.08. The molecule has 3 nitrogen and oxygen atoms in total. The van der Waals surface area contributed by atoms with Gasteiger partial charge in [0.2, 0.25) is 0 Å². The van der Waals surface area contributed by atoms with E-state index in [1.54, 1.807) is 12.1 Å². The number of halogens is 2. The molecular weight excluding hydrogens is 454 g/mol. The van der Waals surface area contributed by atoms with Gasteiger partial charge in [-0.3, -0.25) is 0 Å². The van der Waals surface area contributed by atoms with Crippen LogP contribution in [0.5, 0.6) is 0 Å². The Morgan fingerprint density at radius 1 is 0.800 bits per heavy atom. The molecular formula is C19H16FIO3S. The molecule has 0 aliphatic rings. The molecule has 0 heterocycles. The van der Waals surface area contributed by atoms with E-state index in [2.05, 4.69) is 12.1 Å². The van der Waals surface area contributed by atoms with E-state index < -0.39 is 10.1 Å². The van der Waals surface area contributed by atoms with Crippen LogP contribution in [0.25, 0.3) is 0 Å². The van der Waals surface area contributed by atoms with E-state index in [1.807, 2.05) is 37.3 Å². The average Bonchev–Trinajstić information content (AvgIpc) is 2.58. The Kier molecular flexibility index (Phi) is 7.10. The summed E-state index contributed by atoms with van der Waals surface area (Å²) in [6, 6.07) is 22.9. The molecule has 0 N–H and O–H groups in total. The van der Waals surface area contributed by atoms with Crippen molar-refractivity contribution in [2.24, 2.45) is 0 Å². The van der Waals surface area contributed by atoms with E-state index in [0.717, 1.165) is 5.56 Å². The first-order valence-corrected chi connectivity index (χ1v) is 10.9. The summed E-state index contributed by atoms with van der Waals surface area (Å²) in [4.78, 5) is -0.178. The summed E-state index contributed by atoms with van der Waals surface area (Å²) in [6.45, 7) is 1.82. The highest BCUT2D eigenvalue weighted by Gasteiger charge is 2.13. The Balaban J connectivity index is 0.000000186. The van der Waals surface area contributed by atoms with Gasteiger partial charge in [0.15, 0.2) is 7.14 Å². The first-order valence-electron chi connectivity index (χ1n) is 7.32. The molecule has 0 aromatic heterocycles. The highest BCUT2D eigenvalue weighted by atomic mass is 127. The summed E-state index contributed by atoms with van der Waals surface area (Å²) in [7, 11) is -4.27. The lowest BCUT2D eigenvalue weighted by atomic mass is 10.2. The van der Waals surface area contributed by atoms with Crippen LogP contribution in [0.4, 0.5) is 4.39 Å². The van der Waals surface area contributed by atoms with Crippen molar-refractivity contribution < 1.29 is 38.6 Å². The quantitative estimate of drug-likeness (QED) is 0.422. The zero-order chi connectivity index (χ0) is 18.3. The molecule has 0 unspecified atom stereocenters. The van der Waals surface area contributed by atoms with Crippen LogP contribution in [0.1, 0.15) is 5.56 Å². The SMILES string of the molecule is Cc1ccc(S(=O)(=O)[O-])cc1.Fc1ccc([I+]c2ccccc2)cc1. The Morgan fingerprint density at radius 3 is 1.84 bits per heavy atom. The fourth-order valence-corrected chi connectivity index (χ4v) is 4.48. The first kappa shape index (κ1) is 19.6. The zero-order valence-corrected chi connectivity index (χ0v) is 16.4. The molecule has 0 atom stereocenters. The second-order valence-electron chi connectivity index (χ2n) is 5.09. The summed E-state index contributed by atoms with van der Waals surface area (Å²) in [6.07, 6.45) is 0. The van der Waals surface area contributed by atoms with Crippen molar-refractivity contribution in [1.29, 1.82) is 0 Å². The van der Waals surface area contributed by atoms with Crippen LogP contribution >= 0.6 is 0 Å². The maximum absolute atomic E-state index is 12.6. The van der Waals surface area contributed by atoms with Crippen LogP contribution in [-0.4, -0.2) is 13.0 Å². The molecule has 0 radical (unpaired) electrons. The van der Waals surface area contributed by atoms with Gasteiger partial charge in [-0.2, -0.15) is 0 Å². The molecule has 3 aromatic rings. The Morgan fingerprint density at radius 2 is 1.32 bits per heavy atom. The molecule has 0 fully saturated rings. The number of benzene rings is 3. The molecule has 25 heavy (non-hydrogen) atoms. The van der Waals surface area contributed by atoms with Crippen LogP contribution in [-0.2, 0) is 10.1 Å². The van der Waals surface area contributed by atoms with Crippen molar-refractivity contribution in [3.63, 3.8) is 0 Å². The van der Waals surface area contributed by atoms with E-state index in [0.29, 0.717) is 0 Å². The molecule has 0 spiro atoms. The summed E-state index contributed by atoms with van der Waals surface area (Å²) in [5.74, 6) is -0.161. The molecule has 0 aliphatic carbocycles. The Labute approximate surface area is 157 Å². The fourth-order valence-electron chi connectivity index (χ4n) is 1.80. The van der Waals surface area contributed by atoms with Gasteiger partial charge in [-0.05, 0) is 55.5 Å². The molecule has 0 saturated heterocycles. The summed E-state index contributed by atoms with van der Waals surface area (Å²) < 4.78 is 46.4. The fraction of sp³-hybridized carbons (Fsp3) is 0.0526. The van der Waals surface area contributed by atoms with Gasteiger partial charge in [-0.15, -0.1) is 0 Å². The number of aryl methyl sites for hydroxylation is 1. The van der Waals surface area contributed by atoms with Crippen LogP contribution in [0, 0.1) is 19.9 Å². The van der Waals surface area contributed by atoms with Crippen LogP contribution < -0.4 is 21.2 Å². The van der Waals surface area contributed by atoms with E-state index >= 15 is 0 Å². The van der Waals surface area contributed by atoms with E-state index in [9.17, 15) is 17.4 Å². The Bertz CT molecular complexity index is 894. The smallest absolute Gasteiger partial charge is 0.357 e. The maximum atomic E-state index is 12.6. The zero-order valence-electron chi connectivity index (χ0n) is 13.4. The largest absolute Gasteiger partial charge is 0.744 e. The lowest BCUT2D eigenvalue weighted by Gasteiger charge is -2.05. The van der Waals surface area contributed by atoms with E-state index in [-0.39, 0.29) is 31.9 Å². The molecule has 0 aliphatic heterocycles. The van der Waals surface area contributed by atoms with Crippen LogP contribution in [0.3, 0.4) is 0 Å². The highest BCUT2D eigenvalue weighted by molar-refractivity contribution is 7.85. The second kappa shape index (κ2) is 9.07. The number of hydrogen-bond acceptors (Lipinski definition) is 3. The van der Waals surface area contributed by atoms with Crippen molar-refractivity contribution in [3.8, 4) is 0 Å². The van der Waals surface area contributed by atoms with Crippen molar-refractivity contribution in [3.05, 3.63) is 97.4 Å². The standard InChI is InChI=1S/C12H9FI.C7H8O3S/c13-10-6-8-12(9-7-10)14-11-4-2-1-3-5-11;1-6-2-4-7(5-3-6)11(8,9)10/h1-9H;2-5H,1H3,(H,8,9,10)/q+1;/p-1. The predicted octanol–water partition coefficient (Wildman–Crippen LogP) is 0.853. The van der Waals surface area contributed by atoms with Gasteiger partial charge >= 0.3 is 21.2 Å².